The number of nitrogens with one attached hydrogen (secondary N) is 1. The molecule has 1 aliphatic heterocycles. The van der Waals surface area contributed by atoms with Gasteiger partial charge in [-0.1, -0.05) is 6.92 Å². The molecule has 3 unspecified atom stereocenters. The molecule has 96 valence electrons. The van der Waals surface area contributed by atoms with E-state index in [0.29, 0.717) is 18.2 Å². The van der Waals surface area contributed by atoms with Crippen molar-refractivity contribution in [2.24, 2.45) is 0 Å². The number of thiophene rings is 1. The number of hydrogen-bond acceptors (Lipinski definition) is 3. The Balaban J connectivity index is 2.19. The summed E-state index contributed by atoms with van der Waals surface area (Å²) in [5, 5.41) is 3.60. The standard InChI is InChI=1S/C14H23NOS/c1-5-15-14(13-7-6-9(2)16-13)12-8-10(3)17-11(12)4/h8-9,13-15H,5-7H2,1-4H3. The van der Waals surface area contributed by atoms with E-state index in [1.165, 1.54) is 28.2 Å². The molecule has 0 bridgehead atoms. The molecular weight excluding hydrogens is 230 g/mol. The van der Waals surface area contributed by atoms with Crippen molar-refractivity contribution in [1.82, 2.24) is 5.32 Å². The van der Waals surface area contributed by atoms with Crippen LogP contribution < -0.4 is 5.32 Å². The lowest BCUT2D eigenvalue weighted by atomic mass is 9.99. The zero-order valence-electron chi connectivity index (χ0n) is 11.2. The van der Waals surface area contributed by atoms with Crippen molar-refractivity contribution in [3.8, 4) is 0 Å². The number of hydrogen-bond donors (Lipinski definition) is 1. The Labute approximate surface area is 108 Å². The van der Waals surface area contributed by atoms with Gasteiger partial charge in [0.15, 0.2) is 0 Å². The largest absolute Gasteiger partial charge is 0.373 e. The lowest BCUT2D eigenvalue weighted by molar-refractivity contribution is 0.0319. The van der Waals surface area contributed by atoms with Gasteiger partial charge in [0.2, 0.25) is 0 Å². The lowest BCUT2D eigenvalue weighted by Gasteiger charge is -2.24. The molecule has 1 saturated heterocycles. The first-order valence-electron chi connectivity index (χ1n) is 6.57. The lowest BCUT2D eigenvalue weighted by Crippen LogP contribution is -2.32. The van der Waals surface area contributed by atoms with Gasteiger partial charge in [-0.15, -0.1) is 11.3 Å². The molecule has 1 aromatic rings. The van der Waals surface area contributed by atoms with Crippen LogP contribution in [0.4, 0.5) is 0 Å². The van der Waals surface area contributed by atoms with Crippen LogP contribution in [-0.4, -0.2) is 18.8 Å². The zero-order valence-corrected chi connectivity index (χ0v) is 12.1. The minimum atomic E-state index is 0.345. The van der Waals surface area contributed by atoms with Gasteiger partial charge in [-0.3, -0.25) is 0 Å². The normalized spacial score (nSPS) is 26.4. The van der Waals surface area contributed by atoms with E-state index in [4.69, 9.17) is 4.74 Å². The second-order valence-electron chi connectivity index (χ2n) is 4.97. The summed E-state index contributed by atoms with van der Waals surface area (Å²) in [7, 11) is 0. The summed E-state index contributed by atoms with van der Waals surface area (Å²) in [5.74, 6) is 0. The number of ether oxygens (including phenoxy) is 1. The van der Waals surface area contributed by atoms with Crippen molar-refractivity contribution >= 4 is 11.3 Å². The highest BCUT2D eigenvalue weighted by Crippen LogP contribution is 2.34. The summed E-state index contributed by atoms with van der Waals surface area (Å²) in [4.78, 5) is 2.82. The zero-order chi connectivity index (χ0) is 12.4. The van der Waals surface area contributed by atoms with E-state index in [1.807, 2.05) is 11.3 Å². The van der Waals surface area contributed by atoms with E-state index in [2.05, 4.69) is 39.1 Å². The molecule has 2 nitrogen and oxygen atoms in total. The van der Waals surface area contributed by atoms with E-state index < -0.39 is 0 Å². The van der Waals surface area contributed by atoms with Crippen molar-refractivity contribution in [2.45, 2.75) is 58.8 Å². The fourth-order valence-electron chi connectivity index (χ4n) is 2.70. The monoisotopic (exact) mass is 253 g/mol. The van der Waals surface area contributed by atoms with Crippen molar-refractivity contribution in [1.29, 1.82) is 0 Å². The molecule has 2 rings (SSSR count). The van der Waals surface area contributed by atoms with Gasteiger partial charge in [-0.25, -0.2) is 0 Å². The van der Waals surface area contributed by atoms with Gasteiger partial charge in [-0.2, -0.15) is 0 Å². The molecule has 17 heavy (non-hydrogen) atoms. The Morgan fingerprint density at radius 2 is 2.24 bits per heavy atom. The van der Waals surface area contributed by atoms with Crippen molar-refractivity contribution in [3.05, 3.63) is 21.4 Å². The molecule has 2 heterocycles. The summed E-state index contributed by atoms with van der Waals surface area (Å²) in [6.07, 6.45) is 3.13. The Morgan fingerprint density at radius 1 is 1.47 bits per heavy atom. The quantitative estimate of drug-likeness (QED) is 0.885. The topological polar surface area (TPSA) is 21.3 Å². The van der Waals surface area contributed by atoms with Crippen LogP contribution in [0.25, 0.3) is 0 Å². The van der Waals surface area contributed by atoms with Gasteiger partial charge in [0.25, 0.3) is 0 Å². The summed E-state index contributed by atoms with van der Waals surface area (Å²) >= 11 is 1.89. The molecule has 0 aliphatic carbocycles. The van der Waals surface area contributed by atoms with Crippen LogP contribution >= 0.6 is 11.3 Å². The fourth-order valence-corrected chi connectivity index (χ4v) is 3.67. The first-order chi connectivity index (χ1) is 8.11. The van der Waals surface area contributed by atoms with E-state index >= 15 is 0 Å². The molecule has 3 atom stereocenters. The summed E-state index contributed by atoms with van der Waals surface area (Å²) in [6, 6.07) is 2.69. The molecule has 0 aromatic carbocycles. The molecule has 1 fully saturated rings. The summed E-state index contributed by atoms with van der Waals surface area (Å²) < 4.78 is 6.04. The van der Waals surface area contributed by atoms with Crippen LogP contribution in [0.3, 0.4) is 0 Å². The average molecular weight is 253 g/mol. The molecule has 0 radical (unpaired) electrons. The van der Waals surface area contributed by atoms with Crippen molar-refractivity contribution in [3.63, 3.8) is 0 Å². The maximum absolute atomic E-state index is 6.04. The molecular formula is C14H23NOS. The average Bonchev–Trinajstić information content (AvgIpc) is 2.82. The SMILES string of the molecule is CCNC(c1cc(C)sc1C)C1CCC(C)O1. The molecule has 0 saturated carbocycles. The maximum Gasteiger partial charge on any atom is 0.0774 e. The second-order valence-corrected chi connectivity index (χ2v) is 6.43. The Bertz CT molecular complexity index is 374. The predicted molar refractivity (Wildman–Crippen MR) is 73.8 cm³/mol. The van der Waals surface area contributed by atoms with Gasteiger partial charge < -0.3 is 10.1 Å². The van der Waals surface area contributed by atoms with Gasteiger partial charge in [-0.05, 0) is 51.8 Å². The van der Waals surface area contributed by atoms with E-state index in [9.17, 15) is 0 Å². The van der Waals surface area contributed by atoms with Crippen molar-refractivity contribution < 1.29 is 4.74 Å². The predicted octanol–water partition coefficient (Wildman–Crippen LogP) is 3.58. The third-order valence-corrected chi connectivity index (χ3v) is 4.46. The first-order valence-corrected chi connectivity index (χ1v) is 7.39. The van der Waals surface area contributed by atoms with Crippen LogP contribution in [0.2, 0.25) is 0 Å². The molecule has 0 spiro atoms. The number of likely N-dealkylation sites (N-methyl/N-ethyl adjacent to an activating group) is 1. The smallest absolute Gasteiger partial charge is 0.0774 e. The minimum absolute atomic E-state index is 0.345. The van der Waals surface area contributed by atoms with Crippen LogP contribution in [0, 0.1) is 13.8 Å². The Kier molecular flexibility index (Phi) is 4.23. The molecule has 3 heteroatoms. The minimum Gasteiger partial charge on any atom is -0.373 e. The second kappa shape index (κ2) is 5.51. The van der Waals surface area contributed by atoms with E-state index in [-0.39, 0.29) is 0 Å². The highest BCUT2D eigenvalue weighted by molar-refractivity contribution is 7.12. The molecule has 1 aliphatic rings. The fraction of sp³-hybridized carbons (Fsp3) is 0.714. The number of aryl methyl sites for hydroxylation is 2. The third-order valence-electron chi connectivity index (χ3n) is 3.48. The molecule has 0 amide bonds. The van der Waals surface area contributed by atoms with Gasteiger partial charge in [0.05, 0.1) is 18.2 Å². The number of rotatable bonds is 4. The van der Waals surface area contributed by atoms with Crippen LogP contribution in [0.15, 0.2) is 6.07 Å². The van der Waals surface area contributed by atoms with Crippen LogP contribution in [-0.2, 0) is 4.74 Å². The first kappa shape index (κ1) is 13.1. The van der Waals surface area contributed by atoms with E-state index in [1.54, 1.807) is 0 Å². The highest BCUT2D eigenvalue weighted by Gasteiger charge is 2.31. The summed E-state index contributed by atoms with van der Waals surface area (Å²) in [5.41, 5.74) is 1.44. The van der Waals surface area contributed by atoms with Crippen molar-refractivity contribution in [2.75, 3.05) is 6.54 Å². The molecule has 1 aromatic heterocycles. The van der Waals surface area contributed by atoms with Crippen LogP contribution in [0.1, 0.15) is 48.0 Å². The third kappa shape index (κ3) is 2.90. The van der Waals surface area contributed by atoms with Gasteiger partial charge in [0, 0.05) is 9.75 Å². The maximum atomic E-state index is 6.04. The summed E-state index contributed by atoms with van der Waals surface area (Å²) in [6.45, 7) is 9.74. The van der Waals surface area contributed by atoms with E-state index in [0.717, 1.165) is 6.54 Å². The molecule has 1 N–H and O–H groups in total. The highest BCUT2D eigenvalue weighted by atomic mass is 32.1. The Morgan fingerprint density at radius 3 is 2.71 bits per heavy atom. The van der Waals surface area contributed by atoms with Gasteiger partial charge in [0.1, 0.15) is 0 Å². The van der Waals surface area contributed by atoms with Gasteiger partial charge >= 0.3 is 0 Å². The van der Waals surface area contributed by atoms with Crippen LogP contribution in [0.5, 0.6) is 0 Å². The Hall–Kier alpha value is -0.380.